The predicted octanol–water partition coefficient (Wildman–Crippen LogP) is 6.92. The number of hydrogen-bond acceptors (Lipinski definition) is 4. The molecule has 0 amide bonds. The number of carboxylic acid groups (broad SMARTS) is 1. The highest BCUT2D eigenvalue weighted by atomic mass is 35.5. The molecule has 5 nitrogen and oxygen atoms in total. The number of aryl methyl sites for hydroxylation is 2. The number of carboxylic acids is 1. The molecule has 0 bridgehead atoms. The van der Waals surface area contributed by atoms with Crippen molar-refractivity contribution in [3.63, 3.8) is 0 Å². The third-order valence-corrected chi connectivity index (χ3v) is 7.44. The number of oxime groups is 1. The first-order chi connectivity index (χ1) is 16.9. The van der Waals surface area contributed by atoms with Crippen molar-refractivity contribution in [1.82, 2.24) is 4.98 Å². The Bertz CT molecular complexity index is 1210. The van der Waals surface area contributed by atoms with Crippen molar-refractivity contribution < 1.29 is 15.1 Å². The third-order valence-electron chi connectivity index (χ3n) is 7.20. The van der Waals surface area contributed by atoms with E-state index in [-0.39, 0.29) is 11.8 Å². The lowest BCUT2D eigenvalue weighted by Crippen LogP contribution is -2.21. The molecule has 182 valence electrons. The largest absolute Gasteiger partial charge is 0.481 e. The molecular formula is C29H31ClN2O3. The SMILES string of the molecule is Cc1cc(C[C@@H](/C(=N\O)c2ccc(C3CCC(C(=O)O)CC3)cc2)c2ccc(Cl)cc2C)ccn1. The van der Waals surface area contributed by atoms with Crippen LogP contribution in [0.1, 0.15) is 71.0 Å². The first-order valence-electron chi connectivity index (χ1n) is 12.1. The summed E-state index contributed by atoms with van der Waals surface area (Å²) in [6, 6.07) is 18.1. The third kappa shape index (κ3) is 5.91. The topological polar surface area (TPSA) is 82.8 Å². The summed E-state index contributed by atoms with van der Waals surface area (Å²) in [4.78, 5) is 15.6. The molecule has 1 atom stereocenters. The van der Waals surface area contributed by atoms with E-state index >= 15 is 0 Å². The van der Waals surface area contributed by atoms with Gasteiger partial charge in [-0.25, -0.2) is 0 Å². The van der Waals surface area contributed by atoms with Crippen molar-refractivity contribution in [1.29, 1.82) is 0 Å². The second-order valence-corrected chi connectivity index (χ2v) is 9.99. The summed E-state index contributed by atoms with van der Waals surface area (Å²) >= 11 is 6.23. The Kier molecular flexibility index (Phi) is 7.86. The van der Waals surface area contributed by atoms with Crippen LogP contribution in [0, 0.1) is 19.8 Å². The summed E-state index contributed by atoms with van der Waals surface area (Å²) in [5.74, 6) is -0.714. The van der Waals surface area contributed by atoms with Crippen LogP contribution in [0.4, 0.5) is 0 Å². The zero-order valence-electron chi connectivity index (χ0n) is 20.1. The van der Waals surface area contributed by atoms with E-state index in [0.717, 1.165) is 40.8 Å². The summed E-state index contributed by atoms with van der Waals surface area (Å²) < 4.78 is 0. The summed E-state index contributed by atoms with van der Waals surface area (Å²) in [7, 11) is 0. The minimum absolute atomic E-state index is 0.170. The van der Waals surface area contributed by atoms with Crippen LogP contribution < -0.4 is 0 Å². The first kappa shape index (κ1) is 24.9. The van der Waals surface area contributed by atoms with Gasteiger partial charge in [-0.15, -0.1) is 0 Å². The van der Waals surface area contributed by atoms with Gasteiger partial charge in [-0.1, -0.05) is 47.1 Å². The molecule has 0 spiro atoms. The molecule has 1 fully saturated rings. The average molecular weight is 491 g/mol. The van der Waals surface area contributed by atoms with Gasteiger partial charge in [-0.3, -0.25) is 9.78 Å². The fourth-order valence-electron chi connectivity index (χ4n) is 5.28. The van der Waals surface area contributed by atoms with Crippen LogP contribution in [0.3, 0.4) is 0 Å². The second-order valence-electron chi connectivity index (χ2n) is 9.56. The zero-order valence-corrected chi connectivity index (χ0v) is 20.9. The Labute approximate surface area is 211 Å². The molecule has 4 rings (SSSR count). The van der Waals surface area contributed by atoms with Gasteiger partial charge in [0, 0.05) is 22.8 Å². The summed E-state index contributed by atoms with van der Waals surface area (Å²) in [5.41, 5.74) is 6.84. The number of aromatic nitrogens is 1. The molecule has 1 aromatic heterocycles. The van der Waals surface area contributed by atoms with Crippen LogP contribution in [0.25, 0.3) is 0 Å². The molecule has 35 heavy (non-hydrogen) atoms. The summed E-state index contributed by atoms with van der Waals surface area (Å²) in [6.07, 6.45) is 5.66. The van der Waals surface area contributed by atoms with Crippen molar-refractivity contribution in [2.24, 2.45) is 11.1 Å². The Morgan fingerprint density at radius 3 is 2.37 bits per heavy atom. The van der Waals surface area contributed by atoms with E-state index < -0.39 is 5.97 Å². The number of benzene rings is 2. The van der Waals surface area contributed by atoms with Crippen LogP contribution in [0.15, 0.2) is 65.9 Å². The molecule has 6 heteroatoms. The molecule has 0 unspecified atom stereocenters. The minimum Gasteiger partial charge on any atom is -0.481 e. The Hall–Kier alpha value is -3.18. The van der Waals surface area contributed by atoms with Gasteiger partial charge < -0.3 is 10.3 Å². The average Bonchev–Trinajstić information content (AvgIpc) is 2.84. The molecule has 1 saturated carbocycles. The lowest BCUT2D eigenvalue weighted by Gasteiger charge is -2.27. The van der Waals surface area contributed by atoms with Gasteiger partial charge in [0.15, 0.2) is 0 Å². The fourth-order valence-corrected chi connectivity index (χ4v) is 5.51. The van der Waals surface area contributed by atoms with Gasteiger partial charge >= 0.3 is 5.97 Å². The number of halogens is 1. The highest BCUT2D eigenvalue weighted by molar-refractivity contribution is 6.30. The molecular weight excluding hydrogens is 460 g/mol. The summed E-state index contributed by atoms with van der Waals surface area (Å²) in [6.45, 7) is 3.99. The van der Waals surface area contributed by atoms with Gasteiger partial charge in [-0.05, 0) is 104 Å². The number of aliphatic carboxylic acids is 1. The smallest absolute Gasteiger partial charge is 0.306 e. The number of rotatable bonds is 7. The number of nitrogens with zero attached hydrogens (tertiary/aromatic N) is 2. The molecule has 0 radical (unpaired) electrons. The predicted molar refractivity (Wildman–Crippen MR) is 139 cm³/mol. The van der Waals surface area contributed by atoms with Gasteiger partial charge in [0.25, 0.3) is 0 Å². The van der Waals surface area contributed by atoms with E-state index in [9.17, 15) is 15.1 Å². The van der Waals surface area contributed by atoms with Crippen LogP contribution in [0.2, 0.25) is 5.02 Å². The molecule has 2 aromatic carbocycles. The maximum Gasteiger partial charge on any atom is 0.306 e. The highest BCUT2D eigenvalue weighted by Crippen LogP contribution is 2.36. The number of pyridine rings is 1. The van der Waals surface area contributed by atoms with Crippen molar-refractivity contribution in [3.05, 3.63) is 99.3 Å². The molecule has 3 aromatic rings. The standard InChI is InChI=1S/C29H31ClN2O3/c1-18-15-25(30)11-12-26(18)27(17-20-13-14-31-19(2)16-20)28(32-35)23-7-3-21(4-8-23)22-5-9-24(10-6-22)29(33)34/h3-4,7-8,11-16,22,24,27,35H,5-6,9-10,17H2,1-2H3,(H,33,34)/b32-28-/t22?,24?,27-/m1/s1. The van der Waals surface area contributed by atoms with Crippen molar-refractivity contribution in [2.45, 2.75) is 57.8 Å². The molecule has 1 aliphatic carbocycles. The molecule has 2 N–H and O–H groups in total. The number of carbonyl (C=O) groups is 1. The molecule has 1 aliphatic rings. The van der Waals surface area contributed by atoms with Crippen LogP contribution in [-0.4, -0.2) is 27.0 Å². The minimum atomic E-state index is -0.685. The Balaban J connectivity index is 1.62. The summed E-state index contributed by atoms with van der Waals surface area (Å²) in [5, 5.41) is 23.9. The fraction of sp³-hybridized carbons (Fsp3) is 0.345. The lowest BCUT2D eigenvalue weighted by atomic mass is 9.78. The van der Waals surface area contributed by atoms with E-state index in [1.165, 1.54) is 5.56 Å². The molecule has 1 heterocycles. The van der Waals surface area contributed by atoms with Crippen LogP contribution in [0.5, 0.6) is 0 Å². The zero-order chi connectivity index (χ0) is 24.9. The maximum atomic E-state index is 11.3. The van der Waals surface area contributed by atoms with Crippen LogP contribution >= 0.6 is 11.6 Å². The molecule has 0 saturated heterocycles. The van der Waals surface area contributed by atoms with E-state index in [0.29, 0.717) is 35.9 Å². The Morgan fingerprint density at radius 1 is 1.06 bits per heavy atom. The molecule has 0 aliphatic heterocycles. The highest BCUT2D eigenvalue weighted by Gasteiger charge is 2.27. The van der Waals surface area contributed by atoms with E-state index in [4.69, 9.17) is 11.6 Å². The van der Waals surface area contributed by atoms with Gasteiger partial charge in [-0.2, -0.15) is 0 Å². The van der Waals surface area contributed by atoms with E-state index in [1.807, 2.05) is 50.2 Å². The van der Waals surface area contributed by atoms with Gasteiger partial charge in [0.1, 0.15) is 0 Å². The normalized spacial score (nSPS) is 19.3. The Morgan fingerprint density at radius 2 is 1.77 bits per heavy atom. The number of hydrogen-bond donors (Lipinski definition) is 2. The van der Waals surface area contributed by atoms with E-state index in [1.54, 1.807) is 6.20 Å². The monoisotopic (exact) mass is 490 g/mol. The van der Waals surface area contributed by atoms with Crippen molar-refractivity contribution in [2.75, 3.05) is 0 Å². The quantitative estimate of drug-likeness (QED) is 0.214. The van der Waals surface area contributed by atoms with Crippen molar-refractivity contribution in [3.8, 4) is 0 Å². The first-order valence-corrected chi connectivity index (χ1v) is 12.5. The van der Waals surface area contributed by atoms with Crippen molar-refractivity contribution >= 4 is 23.3 Å². The maximum absolute atomic E-state index is 11.3. The van der Waals surface area contributed by atoms with Gasteiger partial charge in [0.05, 0.1) is 11.6 Å². The van der Waals surface area contributed by atoms with E-state index in [2.05, 4.69) is 28.3 Å². The van der Waals surface area contributed by atoms with Gasteiger partial charge in [0.2, 0.25) is 0 Å². The lowest BCUT2D eigenvalue weighted by molar-refractivity contribution is -0.142. The second kappa shape index (κ2) is 11.0. The van der Waals surface area contributed by atoms with Crippen LogP contribution in [-0.2, 0) is 11.2 Å².